The molecule has 0 aliphatic carbocycles. The van der Waals surface area contributed by atoms with E-state index in [2.05, 4.69) is 62.5 Å². The van der Waals surface area contributed by atoms with Gasteiger partial charge in [0.1, 0.15) is 0 Å². The predicted octanol–water partition coefficient (Wildman–Crippen LogP) is 12.7. The van der Waals surface area contributed by atoms with E-state index in [0.29, 0.717) is 13.2 Å². The fourth-order valence-corrected chi connectivity index (χ4v) is 5.91. The first-order valence-corrected chi connectivity index (χ1v) is 19.2. The molecule has 1 fully saturated rings. The molecule has 0 radical (unpaired) electrons. The van der Waals surface area contributed by atoms with Gasteiger partial charge in [-0.15, -0.1) is 0 Å². The summed E-state index contributed by atoms with van der Waals surface area (Å²) in [4.78, 5) is 0. The average Bonchev–Trinajstić information content (AvgIpc) is 3.04. The van der Waals surface area contributed by atoms with E-state index in [1.54, 1.807) is 0 Å². The van der Waals surface area contributed by atoms with E-state index in [4.69, 9.17) is 9.47 Å². The number of ether oxygens (including phenoxy) is 2. The second-order valence-corrected chi connectivity index (χ2v) is 13.2. The third kappa shape index (κ3) is 25.1. The monoisotopic (exact) mass is 615 g/mol. The summed E-state index contributed by atoms with van der Waals surface area (Å²) in [7, 11) is 0. The first-order chi connectivity index (χ1) is 21.8. The van der Waals surface area contributed by atoms with Crippen LogP contribution in [0.3, 0.4) is 0 Å². The van der Waals surface area contributed by atoms with Crippen molar-refractivity contribution in [3.63, 3.8) is 0 Å². The Kier molecular flexibility index (Phi) is 29.5. The Labute approximate surface area is 275 Å². The maximum Gasteiger partial charge on any atom is 0.168 e. The Morgan fingerprint density at radius 2 is 0.818 bits per heavy atom. The summed E-state index contributed by atoms with van der Waals surface area (Å²) in [6.45, 7) is 5.96. The fourth-order valence-electron chi connectivity index (χ4n) is 5.91. The maximum absolute atomic E-state index is 9.54. The van der Waals surface area contributed by atoms with Crippen LogP contribution in [0.1, 0.15) is 181 Å². The number of aliphatic hydroxyl groups excluding tert-OH is 1. The molecule has 3 nitrogen and oxygen atoms in total. The number of hydrogen-bond acceptors (Lipinski definition) is 3. The van der Waals surface area contributed by atoms with Crippen LogP contribution < -0.4 is 0 Å². The van der Waals surface area contributed by atoms with Crippen molar-refractivity contribution in [3.8, 4) is 0 Å². The van der Waals surface area contributed by atoms with Crippen LogP contribution in [0.5, 0.6) is 0 Å². The quantitative estimate of drug-likeness (QED) is 0.0623. The van der Waals surface area contributed by atoms with Crippen LogP contribution in [0.15, 0.2) is 48.6 Å². The van der Waals surface area contributed by atoms with Crippen LogP contribution in [0.2, 0.25) is 0 Å². The molecule has 0 unspecified atom stereocenters. The second-order valence-electron chi connectivity index (χ2n) is 13.2. The molecule has 0 amide bonds. The maximum atomic E-state index is 9.54. The van der Waals surface area contributed by atoms with E-state index in [9.17, 15) is 5.11 Å². The molecule has 0 aromatic rings. The van der Waals surface area contributed by atoms with E-state index in [0.717, 1.165) is 25.7 Å². The van der Waals surface area contributed by atoms with Crippen molar-refractivity contribution in [2.75, 3.05) is 19.8 Å². The molecule has 0 aromatic heterocycles. The molecule has 3 heteroatoms. The van der Waals surface area contributed by atoms with Crippen LogP contribution >= 0.6 is 0 Å². The van der Waals surface area contributed by atoms with Gasteiger partial charge in [-0.3, -0.25) is 0 Å². The molecule has 256 valence electrons. The highest BCUT2D eigenvalue weighted by molar-refractivity contribution is 4.93. The highest BCUT2D eigenvalue weighted by atomic mass is 16.7. The lowest BCUT2D eigenvalue weighted by molar-refractivity contribution is -0.292. The SMILES string of the molecule is CCCCC/C=C\C/C=C\CCCCCCCCC1(CCCCCCCC/C=C\C/C=C\CCCCC)OCC(CO)CO1. The lowest BCUT2D eigenvalue weighted by atomic mass is 9.97. The second kappa shape index (κ2) is 31.8. The molecule has 1 saturated heterocycles. The van der Waals surface area contributed by atoms with Crippen LogP contribution in [-0.4, -0.2) is 30.7 Å². The molecule has 1 aliphatic rings. The number of unbranched alkanes of at least 4 members (excludes halogenated alkanes) is 18. The molecule has 1 N–H and O–H groups in total. The molecule has 1 rings (SSSR count). The molecular formula is C41H74O3. The Balaban J connectivity index is 2.08. The summed E-state index contributed by atoms with van der Waals surface area (Å²) in [5.41, 5.74) is 0. The molecule has 0 bridgehead atoms. The standard InChI is InChI=1S/C41H74O3/c1-3-5-7-9-11-13-15-17-19-21-23-25-27-29-31-33-35-41(43-38-40(37-42)39-44-41)36-34-32-30-28-26-24-22-20-18-16-14-12-10-8-6-4-2/h11-14,17-20,40,42H,3-10,15-16,21-39H2,1-2H3/b13-11-,14-12-,19-17-,20-18-. The molecule has 44 heavy (non-hydrogen) atoms. The Morgan fingerprint density at radius 1 is 0.477 bits per heavy atom. The van der Waals surface area contributed by atoms with Gasteiger partial charge in [0, 0.05) is 18.8 Å². The van der Waals surface area contributed by atoms with Gasteiger partial charge in [0.05, 0.1) is 19.8 Å². The molecule has 0 atom stereocenters. The smallest absolute Gasteiger partial charge is 0.168 e. The normalized spacial score (nSPS) is 16.1. The van der Waals surface area contributed by atoms with Crippen LogP contribution in [-0.2, 0) is 9.47 Å². The Hall–Kier alpha value is -1.16. The van der Waals surface area contributed by atoms with Crippen molar-refractivity contribution in [2.45, 2.75) is 187 Å². The van der Waals surface area contributed by atoms with Gasteiger partial charge in [-0.1, -0.05) is 140 Å². The van der Waals surface area contributed by atoms with E-state index in [1.165, 1.54) is 141 Å². The number of aliphatic hydroxyl groups is 1. The van der Waals surface area contributed by atoms with E-state index < -0.39 is 5.79 Å². The third-order valence-electron chi connectivity index (χ3n) is 8.94. The van der Waals surface area contributed by atoms with Gasteiger partial charge in [0.15, 0.2) is 5.79 Å². The minimum atomic E-state index is -0.407. The lowest BCUT2D eigenvalue weighted by Crippen LogP contribution is -2.45. The van der Waals surface area contributed by atoms with Gasteiger partial charge in [-0.25, -0.2) is 0 Å². The number of hydrogen-bond donors (Lipinski definition) is 1. The highest BCUT2D eigenvalue weighted by Gasteiger charge is 2.36. The Morgan fingerprint density at radius 3 is 1.18 bits per heavy atom. The molecule has 0 aromatic carbocycles. The van der Waals surface area contributed by atoms with Gasteiger partial charge < -0.3 is 14.6 Å². The van der Waals surface area contributed by atoms with Gasteiger partial charge in [-0.2, -0.15) is 0 Å². The topological polar surface area (TPSA) is 38.7 Å². The summed E-state index contributed by atoms with van der Waals surface area (Å²) in [6.07, 6.45) is 51.2. The van der Waals surface area contributed by atoms with Crippen molar-refractivity contribution in [1.29, 1.82) is 0 Å². The minimum Gasteiger partial charge on any atom is -0.396 e. The van der Waals surface area contributed by atoms with Crippen molar-refractivity contribution < 1.29 is 14.6 Å². The third-order valence-corrected chi connectivity index (χ3v) is 8.94. The zero-order chi connectivity index (χ0) is 31.7. The van der Waals surface area contributed by atoms with E-state index in [1.807, 2.05) is 0 Å². The van der Waals surface area contributed by atoms with Gasteiger partial charge in [-0.05, 0) is 77.0 Å². The molecule has 0 saturated carbocycles. The van der Waals surface area contributed by atoms with Crippen LogP contribution in [0.4, 0.5) is 0 Å². The van der Waals surface area contributed by atoms with E-state index >= 15 is 0 Å². The largest absolute Gasteiger partial charge is 0.396 e. The zero-order valence-corrected chi connectivity index (χ0v) is 29.5. The van der Waals surface area contributed by atoms with Gasteiger partial charge >= 0.3 is 0 Å². The fraction of sp³-hybridized carbons (Fsp3) is 0.805. The highest BCUT2D eigenvalue weighted by Crippen LogP contribution is 2.33. The summed E-state index contributed by atoms with van der Waals surface area (Å²) >= 11 is 0. The Bertz CT molecular complexity index is 649. The molecule has 0 spiro atoms. The molecule has 1 heterocycles. The van der Waals surface area contributed by atoms with Crippen molar-refractivity contribution in [1.82, 2.24) is 0 Å². The molecule has 1 aliphatic heterocycles. The first-order valence-electron chi connectivity index (χ1n) is 19.2. The zero-order valence-electron chi connectivity index (χ0n) is 29.5. The molecular weight excluding hydrogens is 540 g/mol. The lowest BCUT2D eigenvalue weighted by Gasteiger charge is -2.40. The van der Waals surface area contributed by atoms with Crippen LogP contribution in [0, 0.1) is 5.92 Å². The van der Waals surface area contributed by atoms with E-state index in [-0.39, 0.29) is 12.5 Å². The first kappa shape index (κ1) is 40.9. The summed E-state index contributed by atoms with van der Waals surface area (Å²) in [5.74, 6) is -0.272. The van der Waals surface area contributed by atoms with Gasteiger partial charge in [0.2, 0.25) is 0 Å². The van der Waals surface area contributed by atoms with Crippen molar-refractivity contribution in [2.24, 2.45) is 5.92 Å². The summed E-state index contributed by atoms with van der Waals surface area (Å²) < 4.78 is 12.6. The van der Waals surface area contributed by atoms with Crippen molar-refractivity contribution >= 4 is 0 Å². The minimum absolute atomic E-state index is 0.134. The number of allylic oxidation sites excluding steroid dienone is 8. The van der Waals surface area contributed by atoms with Crippen molar-refractivity contribution in [3.05, 3.63) is 48.6 Å². The average molecular weight is 615 g/mol. The number of rotatable bonds is 31. The van der Waals surface area contributed by atoms with Gasteiger partial charge in [0.25, 0.3) is 0 Å². The van der Waals surface area contributed by atoms with Crippen LogP contribution in [0.25, 0.3) is 0 Å². The summed E-state index contributed by atoms with van der Waals surface area (Å²) in [6, 6.07) is 0. The summed E-state index contributed by atoms with van der Waals surface area (Å²) in [5, 5.41) is 9.54. The predicted molar refractivity (Wildman–Crippen MR) is 193 cm³/mol.